The predicted octanol–water partition coefficient (Wildman–Crippen LogP) is 0.102. The molecule has 0 bridgehead atoms. The molecule has 11 heteroatoms. The number of aromatic nitrogens is 3. The maximum atomic E-state index is 12.1. The van der Waals surface area contributed by atoms with Gasteiger partial charge in [0.25, 0.3) is 0 Å². The van der Waals surface area contributed by atoms with E-state index in [0.29, 0.717) is 12.1 Å². The number of rotatable bonds is 6. The van der Waals surface area contributed by atoms with Gasteiger partial charge in [0, 0.05) is 31.4 Å². The Hall–Kier alpha value is -2.69. The molecular weight excluding hydrogens is 374 g/mol. The van der Waals surface area contributed by atoms with Gasteiger partial charge in [0.15, 0.2) is 15.5 Å². The van der Waals surface area contributed by atoms with Gasteiger partial charge < -0.3 is 9.64 Å². The summed E-state index contributed by atoms with van der Waals surface area (Å²) in [5.41, 5.74) is 1.25. The first-order valence-electron chi connectivity index (χ1n) is 8.40. The number of fused-ring (bicyclic) bond motifs is 1. The summed E-state index contributed by atoms with van der Waals surface area (Å²) in [5.74, 6) is -0.495. The number of pyridine rings is 1. The molecule has 3 rings (SSSR count). The molecule has 1 unspecified atom stereocenters. The number of hydrogen-bond donors (Lipinski definition) is 1. The zero-order valence-corrected chi connectivity index (χ0v) is 15.9. The summed E-state index contributed by atoms with van der Waals surface area (Å²) in [6.45, 7) is 0.0920. The topological polar surface area (TPSA) is 123 Å². The molecule has 0 spiro atoms. The molecule has 1 N–H and O–H groups in total. The zero-order valence-electron chi connectivity index (χ0n) is 15.1. The van der Waals surface area contributed by atoms with Crippen molar-refractivity contribution in [2.75, 3.05) is 42.4 Å². The molecule has 2 aromatic heterocycles. The molecule has 0 aromatic carbocycles. The van der Waals surface area contributed by atoms with Crippen molar-refractivity contribution in [1.82, 2.24) is 14.6 Å². The minimum atomic E-state index is -3.01. The van der Waals surface area contributed by atoms with E-state index in [-0.39, 0.29) is 48.2 Å². The first-order valence-corrected chi connectivity index (χ1v) is 10.2. The van der Waals surface area contributed by atoms with E-state index in [9.17, 15) is 18.0 Å². The molecule has 1 atom stereocenters. The third-order valence-corrected chi connectivity index (χ3v) is 6.24. The SMILES string of the molecule is COC(=O)CN(C)c1ccn2nc(NC(=O)CC3CCS(=O)(=O)C3)nc2c1. The highest BCUT2D eigenvalue weighted by molar-refractivity contribution is 7.91. The summed E-state index contributed by atoms with van der Waals surface area (Å²) in [7, 11) is 0.0637. The number of sulfone groups is 1. The fourth-order valence-corrected chi connectivity index (χ4v) is 4.84. The van der Waals surface area contributed by atoms with Crippen molar-refractivity contribution in [3.8, 4) is 0 Å². The maximum absolute atomic E-state index is 12.1. The standard InChI is InChI=1S/C16H21N5O5S/c1-20(9-15(23)26-2)12-3-5-21-13(8-12)17-16(19-21)18-14(22)7-11-4-6-27(24,25)10-11/h3,5,8,11H,4,6-7,9-10H2,1-2H3,(H,18,19,22). The Bertz CT molecular complexity index is 971. The van der Waals surface area contributed by atoms with E-state index >= 15 is 0 Å². The van der Waals surface area contributed by atoms with Gasteiger partial charge in [0.05, 0.1) is 18.6 Å². The molecule has 0 radical (unpaired) electrons. The van der Waals surface area contributed by atoms with Gasteiger partial charge in [0.2, 0.25) is 11.9 Å². The largest absolute Gasteiger partial charge is 0.468 e. The first kappa shape index (κ1) is 19.1. The number of anilines is 2. The molecule has 1 fully saturated rings. The number of carbonyl (C=O) groups excluding carboxylic acids is 2. The second-order valence-corrected chi connectivity index (χ2v) is 8.81. The highest BCUT2D eigenvalue weighted by atomic mass is 32.2. The normalized spacial score (nSPS) is 18.4. The van der Waals surface area contributed by atoms with E-state index in [1.807, 2.05) is 0 Å². The van der Waals surface area contributed by atoms with Gasteiger partial charge in [-0.2, -0.15) is 4.98 Å². The lowest BCUT2D eigenvalue weighted by atomic mass is 10.1. The van der Waals surface area contributed by atoms with Crippen LogP contribution in [0.2, 0.25) is 0 Å². The smallest absolute Gasteiger partial charge is 0.325 e. The fraction of sp³-hybridized carbons (Fsp3) is 0.500. The zero-order chi connectivity index (χ0) is 19.6. The van der Waals surface area contributed by atoms with Crippen LogP contribution in [0, 0.1) is 5.92 Å². The van der Waals surface area contributed by atoms with Crippen molar-refractivity contribution in [1.29, 1.82) is 0 Å². The Kier molecular flexibility index (Phi) is 5.31. The minimum absolute atomic E-state index is 0.0505. The molecular formula is C16H21N5O5S. The number of nitrogens with zero attached hydrogens (tertiary/aromatic N) is 4. The Morgan fingerprint density at radius 1 is 1.44 bits per heavy atom. The lowest BCUT2D eigenvalue weighted by Gasteiger charge is -2.17. The quantitative estimate of drug-likeness (QED) is 0.683. The molecule has 27 heavy (non-hydrogen) atoms. The molecule has 10 nitrogen and oxygen atoms in total. The molecule has 1 aliphatic heterocycles. The molecule has 0 aliphatic carbocycles. The second-order valence-electron chi connectivity index (χ2n) is 6.58. The summed E-state index contributed by atoms with van der Waals surface area (Å²) in [4.78, 5) is 29.5. The van der Waals surface area contributed by atoms with Gasteiger partial charge in [-0.15, -0.1) is 5.10 Å². The average Bonchev–Trinajstić information content (AvgIpc) is 3.15. The summed E-state index contributed by atoms with van der Waals surface area (Å²) in [5, 5.41) is 6.79. The van der Waals surface area contributed by atoms with Crippen molar-refractivity contribution < 1.29 is 22.7 Å². The predicted molar refractivity (Wildman–Crippen MR) is 98.3 cm³/mol. The van der Waals surface area contributed by atoms with Crippen LogP contribution in [-0.4, -0.2) is 67.1 Å². The van der Waals surface area contributed by atoms with E-state index in [2.05, 4.69) is 20.1 Å². The first-order chi connectivity index (χ1) is 12.8. The second kappa shape index (κ2) is 7.51. The Morgan fingerprint density at radius 2 is 2.22 bits per heavy atom. The van der Waals surface area contributed by atoms with Crippen LogP contribution in [0.4, 0.5) is 11.6 Å². The van der Waals surface area contributed by atoms with Crippen molar-refractivity contribution in [2.24, 2.45) is 5.92 Å². The number of ether oxygens (including phenoxy) is 1. The van der Waals surface area contributed by atoms with Crippen molar-refractivity contribution in [2.45, 2.75) is 12.8 Å². The van der Waals surface area contributed by atoms with Crippen LogP contribution >= 0.6 is 0 Å². The number of methoxy groups -OCH3 is 1. The number of esters is 1. The maximum Gasteiger partial charge on any atom is 0.325 e. The lowest BCUT2D eigenvalue weighted by Crippen LogP contribution is -2.26. The number of carbonyl (C=O) groups is 2. The van der Waals surface area contributed by atoms with Crippen LogP contribution < -0.4 is 10.2 Å². The van der Waals surface area contributed by atoms with Crippen LogP contribution in [0.5, 0.6) is 0 Å². The number of likely N-dealkylation sites (N-methyl/N-ethyl adjacent to an activating group) is 1. The van der Waals surface area contributed by atoms with Gasteiger partial charge in [0.1, 0.15) is 6.54 Å². The number of amides is 1. The molecule has 146 valence electrons. The van der Waals surface area contributed by atoms with E-state index in [1.165, 1.54) is 11.6 Å². The van der Waals surface area contributed by atoms with Crippen LogP contribution in [0.1, 0.15) is 12.8 Å². The van der Waals surface area contributed by atoms with Crippen LogP contribution in [-0.2, 0) is 24.2 Å². The van der Waals surface area contributed by atoms with Crippen molar-refractivity contribution in [3.63, 3.8) is 0 Å². The van der Waals surface area contributed by atoms with E-state index in [4.69, 9.17) is 0 Å². The third kappa shape index (κ3) is 4.73. The molecule has 1 aliphatic rings. The van der Waals surface area contributed by atoms with E-state index in [1.54, 1.807) is 30.3 Å². The van der Waals surface area contributed by atoms with Crippen LogP contribution in [0.25, 0.3) is 5.65 Å². The van der Waals surface area contributed by atoms with Gasteiger partial charge in [-0.25, -0.2) is 12.9 Å². The summed E-state index contributed by atoms with van der Waals surface area (Å²) < 4.78 is 29.1. The highest BCUT2D eigenvalue weighted by Gasteiger charge is 2.29. The Morgan fingerprint density at radius 3 is 2.89 bits per heavy atom. The summed E-state index contributed by atoms with van der Waals surface area (Å²) in [6, 6.07) is 3.49. The minimum Gasteiger partial charge on any atom is -0.468 e. The van der Waals surface area contributed by atoms with Crippen molar-refractivity contribution >= 4 is 39.0 Å². The van der Waals surface area contributed by atoms with Crippen LogP contribution in [0.15, 0.2) is 18.3 Å². The molecule has 1 amide bonds. The van der Waals surface area contributed by atoms with E-state index in [0.717, 1.165) is 5.69 Å². The Balaban J connectivity index is 1.66. The number of nitrogens with one attached hydrogen (secondary N) is 1. The van der Waals surface area contributed by atoms with Gasteiger partial charge >= 0.3 is 5.97 Å². The highest BCUT2D eigenvalue weighted by Crippen LogP contribution is 2.22. The molecule has 0 saturated carbocycles. The van der Waals surface area contributed by atoms with Gasteiger partial charge in [-0.1, -0.05) is 0 Å². The Labute approximate surface area is 156 Å². The van der Waals surface area contributed by atoms with Gasteiger partial charge in [-0.05, 0) is 18.4 Å². The summed E-state index contributed by atoms with van der Waals surface area (Å²) in [6.07, 6.45) is 2.30. The van der Waals surface area contributed by atoms with Crippen molar-refractivity contribution in [3.05, 3.63) is 18.3 Å². The average molecular weight is 395 g/mol. The molecule has 1 saturated heterocycles. The molecule has 2 aromatic rings. The molecule has 3 heterocycles. The van der Waals surface area contributed by atoms with E-state index < -0.39 is 9.84 Å². The lowest BCUT2D eigenvalue weighted by molar-refractivity contribution is -0.138. The monoisotopic (exact) mass is 395 g/mol. The van der Waals surface area contributed by atoms with Gasteiger partial charge in [-0.3, -0.25) is 14.9 Å². The number of hydrogen-bond acceptors (Lipinski definition) is 8. The van der Waals surface area contributed by atoms with Crippen LogP contribution in [0.3, 0.4) is 0 Å². The summed E-state index contributed by atoms with van der Waals surface area (Å²) >= 11 is 0. The fourth-order valence-electron chi connectivity index (χ4n) is 2.98. The third-order valence-electron chi connectivity index (χ3n) is 4.41.